The molecule has 0 aliphatic carbocycles. The van der Waals surface area contributed by atoms with Gasteiger partial charge < -0.3 is 5.21 Å². The SMILES string of the molecule is Cc1ccc2c(n1)c1nc(C)ccc1c1c2no[n+]1[O-]. The predicted molar refractivity (Wildman–Crippen MR) is 73.0 cm³/mol. The zero-order chi connectivity index (χ0) is 13.9. The van der Waals surface area contributed by atoms with Crippen molar-refractivity contribution >= 4 is 32.8 Å². The largest absolute Gasteiger partial charge is 0.359 e. The van der Waals surface area contributed by atoms with Gasteiger partial charge in [-0.15, -0.1) is 0 Å². The topological polar surface area (TPSA) is 78.8 Å². The first-order valence-electron chi connectivity index (χ1n) is 6.21. The second-order valence-corrected chi connectivity index (χ2v) is 4.82. The lowest BCUT2D eigenvalue weighted by atomic mass is 10.1. The van der Waals surface area contributed by atoms with Gasteiger partial charge in [-0.2, -0.15) is 0 Å². The molecule has 0 aliphatic rings. The number of fused-ring (bicyclic) bond motifs is 6. The van der Waals surface area contributed by atoms with Crippen molar-refractivity contribution in [3.63, 3.8) is 0 Å². The van der Waals surface area contributed by atoms with Gasteiger partial charge in [0.15, 0.2) is 0 Å². The summed E-state index contributed by atoms with van der Waals surface area (Å²) in [6, 6.07) is 7.49. The number of hydrogen-bond acceptors (Lipinski definition) is 5. The van der Waals surface area contributed by atoms with Crippen molar-refractivity contribution in [2.75, 3.05) is 0 Å². The Kier molecular flexibility index (Phi) is 2.01. The molecule has 4 rings (SSSR count). The third kappa shape index (κ3) is 1.33. The molecule has 4 aromatic rings. The van der Waals surface area contributed by atoms with Gasteiger partial charge in [0.25, 0.3) is 5.52 Å². The van der Waals surface area contributed by atoms with Crippen LogP contribution in [0.25, 0.3) is 32.8 Å². The Hall–Kier alpha value is -2.76. The van der Waals surface area contributed by atoms with E-state index < -0.39 is 0 Å². The lowest BCUT2D eigenvalue weighted by molar-refractivity contribution is -0.781. The van der Waals surface area contributed by atoms with Crippen LogP contribution in [0.3, 0.4) is 0 Å². The molecule has 0 unspecified atom stereocenters. The zero-order valence-electron chi connectivity index (χ0n) is 10.9. The highest BCUT2D eigenvalue weighted by Crippen LogP contribution is 2.30. The third-order valence-corrected chi connectivity index (χ3v) is 3.42. The molecule has 0 amide bonds. The van der Waals surface area contributed by atoms with Gasteiger partial charge in [0.05, 0.1) is 10.8 Å². The highest BCUT2D eigenvalue weighted by Gasteiger charge is 2.20. The van der Waals surface area contributed by atoms with E-state index in [4.69, 9.17) is 4.63 Å². The maximum atomic E-state index is 11.8. The minimum Gasteiger partial charge on any atom is -0.359 e. The van der Waals surface area contributed by atoms with Crippen LogP contribution in [-0.4, -0.2) is 15.1 Å². The number of nitrogens with zero attached hydrogens (tertiary/aromatic N) is 4. The van der Waals surface area contributed by atoms with Crippen LogP contribution in [-0.2, 0) is 0 Å². The van der Waals surface area contributed by atoms with Gasteiger partial charge in [-0.3, -0.25) is 14.6 Å². The summed E-state index contributed by atoms with van der Waals surface area (Å²) in [5, 5.41) is 17.2. The van der Waals surface area contributed by atoms with E-state index in [1.165, 1.54) is 0 Å². The van der Waals surface area contributed by atoms with Crippen molar-refractivity contribution in [1.29, 1.82) is 0 Å². The lowest BCUT2D eigenvalue weighted by Crippen LogP contribution is -2.22. The number of aryl methyl sites for hydroxylation is 2. The molecule has 3 heterocycles. The van der Waals surface area contributed by atoms with E-state index in [-0.39, 0.29) is 0 Å². The fraction of sp³-hybridized carbons (Fsp3) is 0.143. The summed E-state index contributed by atoms with van der Waals surface area (Å²) in [6.45, 7) is 3.83. The molecule has 0 saturated carbocycles. The highest BCUT2D eigenvalue weighted by molar-refractivity contribution is 6.19. The van der Waals surface area contributed by atoms with Crippen molar-refractivity contribution in [1.82, 2.24) is 15.1 Å². The van der Waals surface area contributed by atoms with E-state index >= 15 is 0 Å². The summed E-state index contributed by atoms with van der Waals surface area (Å²) in [4.78, 5) is 9.50. The van der Waals surface area contributed by atoms with E-state index in [9.17, 15) is 5.21 Å². The van der Waals surface area contributed by atoms with Crippen LogP contribution < -0.4 is 4.90 Å². The first-order chi connectivity index (χ1) is 9.65. The van der Waals surface area contributed by atoms with Crippen LogP contribution >= 0.6 is 0 Å². The molecule has 20 heavy (non-hydrogen) atoms. The van der Waals surface area contributed by atoms with Crippen LogP contribution in [0, 0.1) is 19.1 Å². The molecular formula is C14H10N4O2. The van der Waals surface area contributed by atoms with Gasteiger partial charge in [0, 0.05) is 16.5 Å². The summed E-state index contributed by atoms with van der Waals surface area (Å²) in [5.74, 6) is 0. The molecule has 0 aliphatic heterocycles. The molecule has 0 saturated heterocycles. The molecule has 98 valence electrons. The summed E-state index contributed by atoms with van der Waals surface area (Å²) in [7, 11) is 0. The Labute approximate surface area is 113 Å². The molecule has 0 fully saturated rings. The molecular weight excluding hydrogens is 256 g/mol. The van der Waals surface area contributed by atoms with Crippen molar-refractivity contribution in [2.24, 2.45) is 0 Å². The highest BCUT2D eigenvalue weighted by atomic mass is 16.8. The Morgan fingerprint density at radius 2 is 1.50 bits per heavy atom. The van der Waals surface area contributed by atoms with Gasteiger partial charge in [-0.1, -0.05) is 0 Å². The van der Waals surface area contributed by atoms with Gasteiger partial charge in [0.2, 0.25) is 5.52 Å². The maximum Gasteiger partial charge on any atom is 0.258 e. The smallest absolute Gasteiger partial charge is 0.258 e. The molecule has 0 N–H and O–H groups in total. The van der Waals surface area contributed by atoms with E-state index in [1.54, 1.807) is 0 Å². The van der Waals surface area contributed by atoms with E-state index in [2.05, 4.69) is 15.1 Å². The van der Waals surface area contributed by atoms with E-state index in [0.717, 1.165) is 22.3 Å². The Morgan fingerprint density at radius 1 is 0.900 bits per heavy atom. The minimum atomic E-state index is 0.394. The van der Waals surface area contributed by atoms with Crippen LogP contribution in [0.1, 0.15) is 11.4 Å². The summed E-state index contributed by atoms with van der Waals surface area (Å²) in [6.07, 6.45) is 0. The number of aromatic nitrogens is 4. The number of hydrogen-bond donors (Lipinski definition) is 0. The molecule has 0 radical (unpaired) electrons. The Balaban J connectivity index is 2.42. The number of benzene rings is 1. The molecule has 6 nitrogen and oxygen atoms in total. The number of pyridine rings is 2. The first kappa shape index (κ1) is 11.1. The fourth-order valence-corrected chi connectivity index (χ4v) is 2.51. The van der Waals surface area contributed by atoms with Crippen molar-refractivity contribution in [2.45, 2.75) is 13.8 Å². The monoisotopic (exact) mass is 266 g/mol. The average Bonchev–Trinajstić information content (AvgIpc) is 2.81. The molecule has 1 aromatic carbocycles. The van der Waals surface area contributed by atoms with Crippen LogP contribution in [0.2, 0.25) is 0 Å². The second-order valence-electron chi connectivity index (χ2n) is 4.82. The zero-order valence-corrected chi connectivity index (χ0v) is 10.9. The molecule has 6 heteroatoms. The first-order valence-corrected chi connectivity index (χ1v) is 6.21. The summed E-state index contributed by atoms with van der Waals surface area (Å²) < 4.78 is 4.75. The lowest BCUT2D eigenvalue weighted by Gasteiger charge is -2.04. The standard InChI is InChI=1S/C14H10N4O2/c1-7-3-5-9-11(15-7)12-10(6-4-8(2)16-12)14-13(9)17-20-18(14)19/h3-6H,1-2H3. The summed E-state index contributed by atoms with van der Waals surface area (Å²) >= 11 is 0. The Morgan fingerprint density at radius 3 is 2.20 bits per heavy atom. The van der Waals surface area contributed by atoms with Crippen molar-refractivity contribution in [3.05, 3.63) is 40.9 Å². The van der Waals surface area contributed by atoms with Crippen molar-refractivity contribution in [3.8, 4) is 0 Å². The average molecular weight is 266 g/mol. The van der Waals surface area contributed by atoms with Gasteiger partial charge in [-0.05, 0) is 43.0 Å². The molecule has 0 spiro atoms. The van der Waals surface area contributed by atoms with Crippen LogP contribution in [0.5, 0.6) is 0 Å². The number of rotatable bonds is 0. The third-order valence-electron chi connectivity index (χ3n) is 3.42. The molecule has 3 aromatic heterocycles. The quantitative estimate of drug-likeness (QED) is 0.360. The molecule has 0 atom stereocenters. The Bertz CT molecular complexity index is 991. The predicted octanol–water partition coefficient (Wildman–Crippen LogP) is 2.17. The minimum absolute atomic E-state index is 0.394. The second kappa shape index (κ2) is 3.63. The van der Waals surface area contributed by atoms with E-state index in [0.29, 0.717) is 26.8 Å². The van der Waals surface area contributed by atoms with Gasteiger partial charge in [-0.25, -0.2) is 0 Å². The van der Waals surface area contributed by atoms with E-state index in [1.807, 2.05) is 38.1 Å². The summed E-state index contributed by atoms with van der Waals surface area (Å²) in [5.41, 5.74) is 4.11. The van der Waals surface area contributed by atoms with Gasteiger partial charge >= 0.3 is 0 Å². The fourth-order valence-electron chi connectivity index (χ4n) is 2.51. The van der Waals surface area contributed by atoms with Crippen LogP contribution in [0.4, 0.5) is 0 Å². The normalized spacial score (nSPS) is 11.7. The van der Waals surface area contributed by atoms with Crippen LogP contribution in [0.15, 0.2) is 28.9 Å². The maximum absolute atomic E-state index is 11.8. The van der Waals surface area contributed by atoms with Gasteiger partial charge in [0.1, 0.15) is 11.0 Å². The van der Waals surface area contributed by atoms with Crippen molar-refractivity contribution < 1.29 is 9.53 Å². The molecule has 0 bridgehead atoms.